The van der Waals surface area contributed by atoms with Gasteiger partial charge in [0.2, 0.25) is 5.95 Å². The Labute approximate surface area is 123 Å². The van der Waals surface area contributed by atoms with Gasteiger partial charge in [-0.05, 0) is 0 Å². The lowest BCUT2D eigenvalue weighted by Gasteiger charge is -2.33. The van der Waals surface area contributed by atoms with Crippen LogP contribution < -0.4 is 4.90 Å². The largest absolute Gasteiger partial charge is 0.388 e. The second kappa shape index (κ2) is 6.58. The van der Waals surface area contributed by atoms with Crippen molar-refractivity contribution in [3.05, 3.63) is 12.2 Å². The number of rotatable bonds is 5. The highest BCUT2D eigenvalue weighted by atomic mass is 32.2. The Hall–Kier alpha value is -1.40. The van der Waals surface area contributed by atoms with Gasteiger partial charge in [0.1, 0.15) is 12.9 Å². The number of aliphatic hydroxyl groups is 1. The summed E-state index contributed by atoms with van der Waals surface area (Å²) >= 11 is 0. The highest BCUT2D eigenvalue weighted by Crippen LogP contribution is 2.14. The smallest absolute Gasteiger partial charge is 0.354 e. The number of hydrogen-bond acceptors (Lipinski definition) is 9. The van der Waals surface area contributed by atoms with E-state index in [2.05, 4.69) is 15.0 Å². The van der Waals surface area contributed by atoms with Crippen LogP contribution in [0.3, 0.4) is 0 Å². The van der Waals surface area contributed by atoms with Crippen LogP contribution in [0.15, 0.2) is 6.33 Å². The standard InChI is InChI=1S/C10H18N6O4S/c1-14(2)20-21(18,19)16-5-3-15(4-6-16)10-12-8-11-9(7-17)13-10/h8,17H,3-7H2,1-2H3. The molecule has 1 fully saturated rings. The van der Waals surface area contributed by atoms with Gasteiger partial charge in [0.15, 0.2) is 5.82 Å². The summed E-state index contributed by atoms with van der Waals surface area (Å²) in [5.74, 6) is 0.714. The predicted octanol–water partition coefficient (Wildman–Crippen LogP) is -1.78. The molecular formula is C10H18N6O4S. The molecule has 21 heavy (non-hydrogen) atoms. The molecule has 0 atom stereocenters. The van der Waals surface area contributed by atoms with Crippen LogP contribution in [0.4, 0.5) is 5.95 Å². The van der Waals surface area contributed by atoms with Crippen molar-refractivity contribution in [3.63, 3.8) is 0 Å². The van der Waals surface area contributed by atoms with Crippen LogP contribution in [0.25, 0.3) is 0 Å². The molecule has 118 valence electrons. The topological polar surface area (TPSA) is 112 Å². The summed E-state index contributed by atoms with van der Waals surface area (Å²) in [5.41, 5.74) is 0. The van der Waals surface area contributed by atoms with E-state index in [4.69, 9.17) is 9.39 Å². The first-order valence-electron chi connectivity index (χ1n) is 6.33. The van der Waals surface area contributed by atoms with Gasteiger partial charge in [-0.25, -0.2) is 9.97 Å². The maximum atomic E-state index is 11.9. The predicted molar refractivity (Wildman–Crippen MR) is 73.2 cm³/mol. The van der Waals surface area contributed by atoms with E-state index in [0.717, 1.165) is 5.06 Å². The van der Waals surface area contributed by atoms with Gasteiger partial charge in [0, 0.05) is 40.3 Å². The second-order valence-electron chi connectivity index (χ2n) is 4.59. The number of hydroxylamine groups is 2. The molecule has 1 aliphatic rings. The van der Waals surface area contributed by atoms with Crippen molar-refractivity contribution in [2.75, 3.05) is 45.2 Å². The fourth-order valence-corrected chi connectivity index (χ4v) is 2.98. The van der Waals surface area contributed by atoms with Crippen molar-refractivity contribution >= 4 is 16.3 Å². The van der Waals surface area contributed by atoms with Crippen LogP contribution >= 0.6 is 0 Å². The van der Waals surface area contributed by atoms with Crippen LogP contribution in [-0.4, -0.2) is 78.1 Å². The number of aliphatic hydroxyl groups excluding tert-OH is 1. The average Bonchev–Trinajstić information content (AvgIpc) is 2.46. The minimum absolute atomic E-state index is 0.263. The lowest BCUT2D eigenvalue weighted by atomic mass is 10.4. The van der Waals surface area contributed by atoms with Gasteiger partial charge < -0.3 is 10.0 Å². The van der Waals surface area contributed by atoms with E-state index in [1.165, 1.54) is 24.7 Å². The number of aromatic nitrogens is 3. The molecule has 0 unspecified atom stereocenters. The second-order valence-corrected chi connectivity index (χ2v) is 6.11. The third-order valence-electron chi connectivity index (χ3n) is 2.83. The highest BCUT2D eigenvalue weighted by Gasteiger charge is 2.29. The first-order valence-corrected chi connectivity index (χ1v) is 7.69. The third-order valence-corrected chi connectivity index (χ3v) is 4.32. The summed E-state index contributed by atoms with van der Waals surface area (Å²) < 4.78 is 29.9. The van der Waals surface area contributed by atoms with E-state index in [0.29, 0.717) is 19.0 Å². The van der Waals surface area contributed by atoms with Crippen molar-refractivity contribution in [3.8, 4) is 0 Å². The summed E-state index contributed by atoms with van der Waals surface area (Å²) in [5, 5.41) is 10.2. The zero-order chi connectivity index (χ0) is 15.5. The molecule has 1 N–H and O–H groups in total. The highest BCUT2D eigenvalue weighted by molar-refractivity contribution is 7.84. The zero-order valence-electron chi connectivity index (χ0n) is 11.9. The van der Waals surface area contributed by atoms with Crippen LogP contribution in [-0.2, 0) is 21.2 Å². The molecule has 1 saturated heterocycles. The molecule has 1 aliphatic heterocycles. The fraction of sp³-hybridized carbons (Fsp3) is 0.700. The van der Waals surface area contributed by atoms with Crippen LogP contribution in [0, 0.1) is 0 Å². The summed E-state index contributed by atoms with van der Waals surface area (Å²) in [6, 6.07) is 0. The van der Waals surface area contributed by atoms with Crippen LogP contribution in [0.2, 0.25) is 0 Å². The van der Waals surface area contributed by atoms with Gasteiger partial charge in [0.05, 0.1) is 0 Å². The molecule has 2 heterocycles. The Kier molecular flexibility index (Phi) is 5.00. The van der Waals surface area contributed by atoms with Crippen molar-refractivity contribution in [1.82, 2.24) is 24.3 Å². The maximum absolute atomic E-state index is 11.9. The molecule has 0 bridgehead atoms. The van der Waals surface area contributed by atoms with Crippen molar-refractivity contribution in [2.45, 2.75) is 6.61 Å². The molecule has 1 aromatic rings. The SMILES string of the molecule is CN(C)OS(=O)(=O)N1CCN(c2ncnc(CO)n2)CC1. The molecule has 0 aliphatic carbocycles. The lowest BCUT2D eigenvalue weighted by Crippen LogP contribution is -2.50. The third kappa shape index (κ3) is 4.04. The van der Waals surface area contributed by atoms with Gasteiger partial charge in [-0.2, -0.15) is 27.1 Å². The van der Waals surface area contributed by atoms with E-state index in [1.807, 2.05) is 4.90 Å². The molecule has 11 heteroatoms. The molecule has 10 nitrogen and oxygen atoms in total. The van der Waals surface area contributed by atoms with E-state index in [9.17, 15) is 8.42 Å². The quantitative estimate of drug-likeness (QED) is 0.630. The first kappa shape index (κ1) is 16.0. The Morgan fingerprint density at radius 2 is 1.95 bits per heavy atom. The molecule has 0 radical (unpaired) electrons. The maximum Gasteiger partial charge on any atom is 0.354 e. The monoisotopic (exact) mass is 318 g/mol. The summed E-state index contributed by atoms with van der Waals surface area (Å²) in [4.78, 5) is 13.8. The first-order chi connectivity index (χ1) is 9.92. The van der Waals surface area contributed by atoms with Gasteiger partial charge in [0.25, 0.3) is 0 Å². The van der Waals surface area contributed by atoms with Crippen molar-refractivity contribution in [2.24, 2.45) is 0 Å². The molecule has 0 spiro atoms. The Bertz CT molecular complexity index is 573. The molecule has 0 aromatic carbocycles. The van der Waals surface area contributed by atoms with Crippen LogP contribution in [0.5, 0.6) is 0 Å². The zero-order valence-corrected chi connectivity index (χ0v) is 12.7. The Morgan fingerprint density at radius 1 is 1.29 bits per heavy atom. The minimum atomic E-state index is -3.76. The van der Waals surface area contributed by atoms with Gasteiger partial charge in [-0.3, -0.25) is 0 Å². The summed E-state index contributed by atoms with van der Waals surface area (Å²) in [6.45, 7) is 1.16. The summed E-state index contributed by atoms with van der Waals surface area (Å²) in [7, 11) is -0.744. The van der Waals surface area contributed by atoms with Crippen LogP contribution in [0.1, 0.15) is 5.82 Å². The van der Waals surface area contributed by atoms with Gasteiger partial charge in [-0.15, -0.1) is 0 Å². The number of hydrogen-bond donors (Lipinski definition) is 1. The van der Waals surface area contributed by atoms with Crippen molar-refractivity contribution < 1.29 is 17.8 Å². The summed E-state index contributed by atoms with van der Waals surface area (Å²) in [6.07, 6.45) is 1.33. The molecule has 0 amide bonds. The average molecular weight is 318 g/mol. The molecular weight excluding hydrogens is 300 g/mol. The van der Waals surface area contributed by atoms with Crippen molar-refractivity contribution in [1.29, 1.82) is 0 Å². The van der Waals surface area contributed by atoms with E-state index < -0.39 is 10.3 Å². The minimum Gasteiger partial charge on any atom is -0.388 e. The Balaban J connectivity index is 2.00. The molecule has 1 aromatic heterocycles. The van der Waals surface area contributed by atoms with Gasteiger partial charge >= 0.3 is 10.3 Å². The van der Waals surface area contributed by atoms with Gasteiger partial charge in [-0.1, -0.05) is 0 Å². The number of piperazine rings is 1. The number of nitrogens with zero attached hydrogens (tertiary/aromatic N) is 6. The normalized spacial score (nSPS) is 17.4. The van der Waals surface area contributed by atoms with E-state index >= 15 is 0 Å². The molecule has 2 rings (SSSR count). The number of anilines is 1. The fourth-order valence-electron chi connectivity index (χ4n) is 1.90. The molecule has 0 saturated carbocycles. The lowest BCUT2D eigenvalue weighted by molar-refractivity contribution is -0.00479. The Morgan fingerprint density at radius 3 is 2.52 bits per heavy atom. The van der Waals surface area contributed by atoms with E-state index in [1.54, 1.807) is 0 Å². The van der Waals surface area contributed by atoms with E-state index in [-0.39, 0.29) is 25.5 Å².